The van der Waals surface area contributed by atoms with Crippen LogP contribution in [0.15, 0.2) is 18.2 Å². The van der Waals surface area contributed by atoms with Crippen molar-refractivity contribution in [3.63, 3.8) is 0 Å². The van der Waals surface area contributed by atoms with Gasteiger partial charge in [0.25, 0.3) is 0 Å². The SMILES string of the molecule is CCC(CC)(C(Cc1cc(F)ccc1C)NC)N(C)C. The highest BCUT2D eigenvalue weighted by Gasteiger charge is 2.37. The fourth-order valence-corrected chi connectivity index (χ4v) is 3.33. The van der Waals surface area contributed by atoms with Gasteiger partial charge in [0, 0.05) is 11.6 Å². The van der Waals surface area contributed by atoms with E-state index in [9.17, 15) is 4.39 Å². The van der Waals surface area contributed by atoms with Crippen LogP contribution in [-0.4, -0.2) is 37.6 Å². The van der Waals surface area contributed by atoms with Crippen molar-refractivity contribution >= 4 is 0 Å². The number of hydrogen-bond donors (Lipinski definition) is 1. The molecule has 0 bridgehead atoms. The molecule has 1 N–H and O–H groups in total. The van der Waals surface area contributed by atoms with Crippen LogP contribution >= 0.6 is 0 Å². The van der Waals surface area contributed by atoms with Crippen LogP contribution in [0, 0.1) is 12.7 Å². The van der Waals surface area contributed by atoms with Crippen LogP contribution in [0.5, 0.6) is 0 Å². The van der Waals surface area contributed by atoms with Gasteiger partial charge < -0.3 is 10.2 Å². The third-order valence-corrected chi connectivity index (χ3v) is 4.85. The van der Waals surface area contributed by atoms with Gasteiger partial charge in [-0.2, -0.15) is 0 Å². The molecule has 1 atom stereocenters. The van der Waals surface area contributed by atoms with Crippen molar-refractivity contribution in [2.24, 2.45) is 0 Å². The molecule has 2 nitrogen and oxygen atoms in total. The van der Waals surface area contributed by atoms with Gasteiger partial charge >= 0.3 is 0 Å². The maximum Gasteiger partial charge on any atom is 0.123 e. The van der Waals surface area contributed by atoms with Gasteiger partial charge in [-0.05, 0) is 70.6 Å². The first-order chi connectivity index (χ1) is 9.41. The molecule has 0 aromatic heterocycles. The van der Waals surface area contributed by atoms with Gasteiger partial charge in [-0.15, -0.1) is 0 Å². The van der Waals surface area contributed by atoms with E-state index in [-0.39, 0.29) is 11.4 Å². The second-order valence-corrected chi connectivity index (χ2v) is 5.82. The lowest BCUT2D eigenvalue weighted by Crippen LogP contribution is -2.58. The van der Waals surface area contributed by atoms with E-state index in [4.69, 9.17) is 0 Å². The summed E-state index contributed by atoms with van der Waals surface area (Å²) < 4.78 is 13.5. The van der Waals surface area contributed by atoms with Crippen molar-refractivity contribution in [1.29, 1.82) is 0 Å². The Kier molecular flexibility index (Phi) is 6.15. The zero-order valence-electron chi connectivity index (χ0n) is 13.8. The molecule has 3 heteroatoms. The average molecular weight is 280 g/mol. The summed E-state index contributed by atoms with van der Waals surface area (Å²) in [4.78, 5) is 2.31. The lowest BCUT2D eigenvalue weighted by atomic mass is 9.79. The van der Waals surface area contributed by atoms with E-state index in [1.807, 2.05) is 13.1 Å². The van der Waals surface area contributed by atoms with Gasteiger partial charge in [0.15, 0.2) is 0 Å². The number of rotatable bonds is 7. The summed E-state index contributed by atoms with van der Waals surface area (Å²) in [6.45, 7) is 6.51. The molecular weight excluding hydrogens is 251 g/mol. The molecule has 1 aromatic carbocycles. The van der Waals surface area contributed by atoms with E-state index in [0.29, 0.717) is 6.04 Å². The Morgan fingerprint density at radius 2 is 1.85 bits per heavy atom. The second-order valence-electron chi connectivity index (χ2n) is 5.82. The summed E-state index contributed by atoms with van der Waals surface area (Å²) in [6, 6.07) is 5.37. The van der Waals surface area contributed by atoms with E-state index in [1.54, 1.807) is 6.07 Å². The van der Waals surface area contributed by atoms with Gasteiger partial charge in [0.2, 0.25) is 0 Å². The number of halogens is 1. The predicted molar refractivity (Wildman–Crippen MR) is 84.7 cm³/mol. The number of hydrogen-bond acceptors (Lipinski definition) is 2. The van der Waals surface area contributed by atoms with Crippen LogP contribution in [0.2, 0.25) is 0 Å². The molecule has 0 saturated carbocycles. The van der Waals surface area contributed by atoms with E-state index >= 15 is 0 Å². The standard InChI is InChI=1S/C17H29FN2/c1-7-17(8-2,20(5)6)16(19-4)12-14-11-15(18)10-9-13(14)3/h9-11,16,19H,7-8,12H2,1-6H3. The lowest BCUT2D eigenvalue weighted by Gasteiger charge is -2.45. The quantitative estimate of drug-likeness (QED) is 0.823. The largest absolute Gasteiger partial charge is 0.315 e. The first-order valence-corrected chi connectivity index (χ1v) is 7.51. The van der Waals surface area contributed by atoms with E-state index in [0.717, 1.165) is 30.4 Å². The molecule has 0 radical (unpaired) electrons. The van der Waals surface area contributed by atoms with Crippen molar-refractivity contribution < 1.29 is 4.39 Å². The van der Waals surface area contributed by atoms with Gasteiger partial charge in [-0.25, -0.2) is 4.39 Å². The van der Waals surface area contributed by atoms with Crippen molar-refractivity contribution in [3.8, 4) is 0 Å². The Labute approximate surface area is 123 Å². The van der Waals surface area contributed by atoms with E-state index in [1.165, 1.54) is 6.07 Å². The molecule has 0 heterocycles. The topological polar surface area (TPSA) is 15.3 Å². The summed E-state index contributed by atoms with van der Waals surface area (Å²) >= 11 is 0. The maximum absolute atomic E-state index is 13.5. The third kappa shape index (κ3) is 3.39. The van der Waals surface area contributed by atoms with Gasteiger partial charge in [-0.3, -0.25) is 0 Å². The Morgan fingerprint density at radius 1 is 1.25 bits per heavy atom. The normalized spacial score (nSPS) is 13.8. The number of nitrogens with one attached hydrogen (secondary N) is 1. The van der Waals surface area contributed by atoms with Crippen LogP contribution in [0.3, 0.4) is 0 Å². The molecule has 0 amide bonds. The molecule has 1 unspecified atom stereocenters. The van der Waals surface area contributed by atoms with Gasteiger partial charge in [-0.1, -0.05) is 19.9 Å². The zero-order chi connectivity index (χ0) is 15.3. The molecule has 0 aliphatic rings. The Balaban J connectivity index is 3.09. The molecule has 114 valence electrons. The zero-order valence-corrected chi connectivity index (χ0v) is 13.8. The summed E-state index contributed by atoms with van der Waals surface area (Å²) in [5, 5.41) is 3.46. The molecule has 0 spiro atoms. The number of nitrogens with zero attached hydrogens (tertiary/aromatic N) is 1. The van der Waals surface area contributed by atoms with Gasteiger partial charge in [0.1, 0.15) is 5.82 Å². The first-order valence-electron chi connectivity index (χ1n) is 7.51. The highest BCUT2D eigenvalue weighted by atomic mass is 19.1. The Bertz CT molecular complexity index is 425. The predicted octanol–water partition coefficient (Wildman–Crippen LogP) is 3.39. The van der Waals surface area contributed by atoms with Crippen molar-refractivity contribution in [1.82, 2.24) is 10.2 Å². The Hall–Kier alpha value is -0.930. The number of aryl methyl sites for hydroxylation is 1. The van der Waals surface area contributed by atoms with Crippen LogP contribution in [0.4, 0.5) is 4.39 Å². The summed E-state index contributed by atoms with van der Waals surface area (Å²) in [6.07, 6.45) is 2.98. The number of likely N-dealkylation sites (N-methyl/N-ethyl adjacent to an activating group) is 2. The average Bonchev–Trinajstić information content (AvgIpc) is 2.42. The minimum Gasteiger partial charge on any atom is -0.315 e. The smallest absolute Gasteiger partial charge is 0.123 e. The van der Waals surface area contributed by atoms with Gasteiger partial charge in [0.05, 0.1) is 0 Å². The van der Waals surface area contributed by atoms with Crippen molar-refractivity contribution in [2.45, 2.75) is 51.6 Å². The van der Waals surface area contributed by atoms with E-state index < -0.39 is 0 Å². The summed E-state index contributed by atoms with van der Waals surface area (Å²) in [5.74, 6) is -0.149. The minimum atomic E-state index is -0.149. The number of benzene rings is 1. The second kappa shape index (κ2) is 7.19. The van der Waals surface area contributed by atoms with Crippen LogP contribution in [0.25, 0.3) is 0 Å². The summed E-state index contributed by atoms with van der Waals surface area (Å²) in [7, 11) is 6.27. The molecule has 0 fully saturated rings. The van der Waals surface area contributed by atoms with Crippen LogP contribution < -0.4 is 5.32 Å². The molecule has 1 rings (SSSR count). The first kappa shape index (κ1) is 17.1. The highest BCUT2D eigenvalue weighted by molar-refractivity contribution is 5.28. The molecule has 20 heavy (non-hydrogen) atoms. The molecule has 0 aliphatic carbocycles. The van der Waals surface area contributed by atoms with Crippen LogP contribution in [-0.2, 0) is 6.42 Å². The summed E-state index contributed by atoms with van der Waals surface area (Å²) in [5.41, 5.74) is 2.34. The maximum atomic E-state index is 13.5. The van der Waals surface area contributed by atoms with Crippen LogP contribution in [0.1, 0.15) is 37.8 Å². The molecule has 1 aromatic rings. The lowest BCUT2D eigenvalue weighted by molar-refractivity contribution is 0.0916. The monoisotopic (exact) mass is 280 g/mol. The molecular formula is C17H29FN2. The fourth-order valence-electron chi connectivity index (χ4n) is 3.33. The Morgan fingerprint density at radius 3 is 2.30 bits per heavy atom. The highest BCUT2D eigenvalue weighted by Crippen LogP contribution is 2.28. The minimum absolute atomic E-state index is 0.0908. The van der Waals surface area contributed by atoms with Crippen molar-refractivity contribution in [3.05, 3.63) is 35.1 Å². The molecule has 0 saturated heterocycles. The van der Waals surface area contributed by atoms with E-state index in [2.05, 4.69) is 45.1 Å². The molecule has 0 aliphatic heterocycles. The third-order valence-electron chi connectivity index (χ3n) is 4.85. The van der Waals surface area contributed by atoms with Crippen molar-refractivity contribution in [2.75, 3.05) is 21.1 Å². The fraction of sp³-hybridized carbons (Fsp3) is 0.647.